The zero-order valence-electron chi connectivity index (χ0n) is 15.8. The van der Waals surface area contributed by atoms with E-state index in [0.717, 1.165) is 5.56 Å². The molecule has 1 amide bonds. The highest BCUT2D eigenvalue weighted by atomic mass is 32.1. The summed E-state index contributed by atoms with van der Waals surface area (Å²) < 4.78 is 28.1. The fourth-order valence-electron chi connectivity index (χ4n) is 2.98. The molecule has 1 unspecified atom stereocenters. The van der Waals surface area contributed by atoms with E-state index < -0.39 is 6.04 Å². The Morgan fingerprint density at radius 1 is 1.17 bits per heavy atom. The van der Waals surface area contributed by atoms with Gasteiger partial charge in [-0.25, -0.2) is 18.4 Å². The maximum absolute atomic E-state index is 13.6. The summed E-state index contributed by atoms with van der Waals surface area (Å²) in [7, 11) is 0. The van der Waals surface area contributed by atoms with Crippen molar-refractivity contribution in [1.29, 1.82) is 0 Å². The van der Waals surface area contributed by atoms with Crippen molar-refractivity contribution in [2.45, 2.75) is 19.4 Å². The molecule has 2 aromatic carbocycles. The number of anilines is 1. The van der Waals surface area contributed by atoms with Crippen molar-refractivity contribution in [3.05, 3.63) is 76.9 Å². The lowest BCUT2D eigenvalue weighted by molar-refractivity contribution is -0.119. The highest BCUT2D eigenvalue weighted by Gasteiger charge is 2.25. The number of halogens is 2. The van der Waals surface area contributed by atoms with Crippen molar-refractivity contribution >= 4 is 22.4 Å². The van der Waals surface area contributed by atoms with E-state index in [2.05, 4.69) is 25.8 Å². The fourth-order valence-corrected chi connectivity index (χ4v) is 3.70. The van der Waals surface area contributed by atoms with Crippen molar-refractivity contribution in [2.75, 3.05) is 5.32 Å². The third-order valence-corrected chi connectivity index (χ3v) is 5.21. The van der Waals surface area contributed by atoms with E-state index in [0.29, 0.717) is 22.2 Å². The minimum absolute atomic E-state index is 0.200. The average Bonchev–Trinajstić information content (AvgIpc) is 3.36. The Morgan fingerprint density at radius 3 is 2.67 bits per heavy atom. The van der Waals surface area contributed by atoms with Gasteiger partial charge in [0.05, 0.1) is 5.69 Å². The number of thiazole rings is 1. The van der Waals surface area contributed by atoms with Crippen LogP contribution in [-0.2, 0) is 11.2 Å². The van der Waals surface area contributed by atoms with Crippen LogP contribution in [0.15, 0.2) is 53.9 Å². The molecule has 0 saturated carbocycles. The Hall–Kier alpha value is -3.53. The third-order valence-electron chi connectivity index (χ3n) is 4.45. The summed E-state index contributed by atoms with van der Waals surface area (Å²) >= 11 is 1.25. The van der Waals surface area contributed by atoms with Gasteiger partial charge in [-0.2, -0.15) is 0 Å². The van der Waals surface area contributed by atoms with Gasteiger partial charge in [0.2, 0.25) is 0 Å². The molecule has 0 radical (unpaired) electrons. The van der Waals surface area contributed by atoms with E-state index in [-0.39, 0.29) is 24.0 Å². The highest BCUT2D eigenvalue weighted by molar-refractivity contribution is 7.14. The van der Waals surface area contributed by atoms with Crippen molar-refractivity contribution < 1.29 is 13.6 Å². The van der Waals surface area contributed by atoms with Crippen molar-refractivity contribution in [1.82, 2.24) is 25.2 Å². The first-order chi connectivity index (χ1) is 14.5. The number of aromatic nitrogens is 5. The number of nitrogens with zero attached hydrogens (tertiary/aromatic N) is 5. The molecule has 0 aliphatic heterocycles. The van der Waals surface area contributed by atoms with Gasteiger partial charge >= 0.3 is 0 Å². The molecule has 1 atom stereocenters. The van der Waals surface area contributed by atoms with Crippen LogP contribution in [0.25, 0.3) is 11.3 Å². The Kier molecular flexibility index (Phi) is 5.57. The molecule has 152 valence electrons. The molecule has 1 N–H and O–H groups in total. The van der Waals surface area contributed by atoms with Crippen molar-refractivity contribution in [3.63, 3.8) is 0 Å². The lowest BCUT2D eigenvalue weighted by atomic mass is 10.1. The molecule has 0 fully saturated rings. The van der Waals surface area contributed by atoms with E-state index in [4.69, 9.17) is 0 Å². The zero-order chi connectivity index (χ0) is 21.1. The lowest BCUT2D eigenvalue weighted by Gasteiger charge is -2.16. The average molecular weight is 426 g/mol. The number of tetrazole rings is 1. The Labute approximate surface area is 174 Å². The van der Waals surface area contributed by atoms with Gasteiger partial charge in [-0.1, -0.05) is 12.1 Å². The van der Waals surface area contributed by atoms with Crippen LogP contribution in [0.2, 0.25) is 0 Å². The Bertz CT molecular complexity index is 1170. The molecular weight excluding hydrogens is 410 g/mol. The van der Waals surface area contributed by atoms with Gasteiger partial charge in [0.15, 0.2) is 5.13 Å². The second-order valence-electron chi connectivity index (χ2n) is 6.55. The minimum Gasteiger partial charge on any atom is -0.300 e. The molecule has 7 nitrogen and oxygen atoms in total. The summed E-state index contributed by atoms with van der Waals surface area (Å²) in [6.07, 6.45) is 0.200. The molecule has 2 heterocycles. The number of hydrogen-bond acceptors (Lipinski definition) is 6. The number of carbonyl (C=O) groups excluding carboxylic acids is 1. The summed E-state index contributed by atoms with van der Waals surface area (Å²) in [5.41, 5.74) is 1.99. The van der Waals surface area contributed by atoms with E-state index >= 15 is 0 Å². The van der Waals surface area contributed by atoms with Gasteiger partial charge in [-0.15, -0.1) is 16.4 Å². The third kappa shape index (κ3) is 4.38. The summed E-state index contributed by atoms with van der Waals surface area (Å²) in [5.74, 6) is -0.643. The van der Waals surface area contributed by atoms with Crippen LogP contribution in [0.1, 0.15) is 17.4 Å². The molecule has 0 aliphatic rings. The van der Waals surface area contributed by atoms with Crippen LogP contribution in [0.4, 0.5) is 13.9 Å². The van der Waals surface area contributed by atoms with Gasteiger partial charge in [-0.05, 0) is 59.3 Å². The largest absolute Gasteiger partial charge is 0.300 e. The Balaban J connectivity index is 1.56. The van der Waals surface area contributed by atoms with Gasteiger partial charge in [0.1, 0.15) is 23.5 Å². The molecule has 0 spiro atoms. The molecule has 30 heavy (non-hydrogen) atoms. The number of carbonyl (C=O) groups is 1. The number of nitrogens with one attached hydrogen (secondary N) is 1. The molecule has 10 heteroatoms. The standard InChI is InChI=1S/C20H16F2N6OS/c1-12-25-26-27-28(12)18(10-13-3-2-4-16(22)9-13)19(29)24-20-23-17(11-30-20)14-5-7-15(21)8-6-14/h2-9,11,18H,10H2,1H3,(H,23,24,29). The summed E-state index contributed by atoms with van der Waals surface area (Å²) in [6, 6.07) is 11.2. The van der Waals surface area contributed by atoms with Crippen LogP contribution in [-0.4, -0.2) is 31.1 Å². The first-order valence-corrected chi connectivity index (χ1v) is 9.89. The molecule has 2 aromatic heterocycles. The second-order valence-corrected chi connectivity index (χ2v) is 7.41. The number of aryl methyl sites for hydroxylation is 1. The van der Waals surface area contributed by atoms with Crippen LogP contribution in [0, 0.1) is 18.6 Å². The van der Waals surface area contributed by atoms with Crippen molar-refractivity contribution in [3.8, 4) is 11.3 Å². The first-order valence-electron chi connectivity index (χ1n) is 9.01. The predicted molar refractivity (Wildman–Crippen MR) is 108 cm³/mol. The molecule has 4 rings (SSSR count). The van der Waals surface area contributed by atoms with Crippen LogP contribution in [0.3, 0.4) is 0 Å². The smallest absolute Gasteiger partial charge is 0.251 e. The number of amides is 1. The Morgan fingerprint density at radius 2 is 1.97 bits per heavy atom. The summed E-state index contributed by atoms with van der Waals surface area (Å²) in [5, 5.41) is 16.3. The predicted octanol–water partition coefficient (Wildman–Crippen LogP) is 3.81. The SMILES string of the molecule is Cc1nnnn1C(Cc1cccc(F)c1)C(=O)Nc1nc(-c2ccc(F)cc2)cs1. The number of hydrogen-bond donors (Lipinski definition) is 1. The van der Waals surface area contributed by atoms with Gasteiger partial charge in [-0.3, -0.25) is 4.79 Å². The monoisotopic (exact) mass is 426 g/mol. The first kappa shape index (κ1) is 19.8. The van der Waals surface area contributed by atoms with Crippen molar-refractivity contribution in [2.24, 2.45) is 0 Å². The van der Waals surface area contributed by atoms with Crippen LogP contribution >= 0.6 is 11.3 Å². The summed E-state index contributed by atoms with van der Waals surface area (Å²) in [4.78, 5) is 17.4. The maximum Gasteiger partial charge on any atom is 0.251 e. The lowest BCUT2D eigenvalue weighted by Crippen LogP contribution is -2.29. The molecule has 4 aromatic rings. The van der Waals surface area contributed by atoms with E-state index in [1.807, 2.05) is 0 Å². The quantitative estimate of drug-likeness (QED) is 0.507. The minimum atomic E-state index is -0.792. The topological polar surface area (TPSA) is 85.6 Å². The maximum atomic E-state index is 13.6. The number of benzene rings is 2. The molecular formula is C20H16F2N6OS. The van der Waals surface area contributed by atoms with Crippen LogP contribution < -0.4 is 5.32 Å². The second kappa shape index (κ2) is 8.46. The molecule has 0 bridgehead atoms. The zero-order valence-corrected chi connectivity index (χ0v) is 16.6. The van der Waals surface area contributed by atoms with Gasteiger partial charge in [0.25, 0.3) is 5.91 Å². The van der Waals surface area contributed by atoms with E-state index in [9.17, 15) is 13.6 Å². The van der Waals surface area contributed by atoms with Gasteiger partial charge in [0, 0.05) is 17.4 Å². The van der Waals surface area contributed by atoms with Gasteiger partial charge < -0.3 is 5.32 Å². The van der Waals surface area contributed by atoms with E-state index in [1.54, 1.807) is 36.6 Å². The number of rotatable bonds is 6. The van der Waals surface area contributed by atoms with E-state index in [1.165, 1.54) is 40.3 Å². The molecule has 0 saturated heterocycles. The fraction of sp³-hybridized carbons (Fsp3) is 0.150. The highest BCUT2D eigenvalue weighted by Crippen LogP contribution is 2.26. The summed E-state index contributed by atoms with van der Waals surface area (Å²) in [6.45, 7) is 1.68. The normalized spacial score (nSPS) is 12.0. The molecule has 0 aliphatic carbocycles. The van der Waals surface area contributed by atoms with Crippen LogP contribution in [0.5, 0.6) is 0 Å².